The largest absolute Gasteiger partial charge is 0.453 e. The van der Waals surface area contributed by atoms with Crippen LogP contribution in [0.1, 0.15) is 10.4 Å². The summed E-state index contributed by atoms with van der Waals surface area (Å²) in [6, 6.07) is 5.60. The fraction of sp³-hybridized carbons (Fsp3) is 0. The summed E-state index contributed by atoms with van der Waals surface area (Å²) in [5.41, 5.74) is 11.2. The van der Waals surface area contributed by atoms with Gasteiger partial charge in [-0.3, -0.25) is 4.79 Å². The number of nitrogen functional groups attached to an aromatic ring is 1. The lowest BCUT2D eigenvalue weighted by Gasteiger charge is -2.13. The highest BCUT2D eigenvalue weighted by atomic mass is 35.5. The number of ether oxygens (including phenoxy) is 1. The van der Waals surface area contributed by atoms with Crippen LogP contribution in [0.25, 0.3) is 0 Å². The normalized spacial score (nSPS) is 10.5. The van der Waals surface area contributed by atoms with Gasteiger partial charge in [0, 0.05) is 11.8 Å². The first-order valence-electron chi connectivity index (χ1n) is 5.51. The Morgan fingerprint density at radius 3 is 2.14 bits per heavy atom. The van der Waals surface area contributed by atoms with Gasteiger partial charge in [-0.05, 0) is 18.2 Å². The minimum Gasteiger partial charge on any atom is -0.453 e. The third-order valence-electron chi connectivity index (χ3n) is 2.52. The van der Waals surface area contributed by atoms with Crippen LogP contribution in [-0.2, 0) is 0 Å². The van der Waals surface area contributed by atoms with Crippen LogP contribution in [-0.4, -0.2) is 5.91 Å². The number of hydrogen-bond donors (Lipinski definition) is 2. The van der Waals surface area contributed by atoms with E-state index in [-0.39, 0.29) is 42.8 Å². The Labute approximate surface area is 140 Å². The van der Waals surface area contributed by atoms with Crippen molar-refractivity contribution < 1.29 is 9.53 Å². The maximum atomic E-state index is 11.5. The van der Waals surface area contributed by atoms with Crippen LogP contribution in [0.15, 0.2) is 24.3 Å². The molecule has 2 aromatic rings. The fourth-order valence-corrected chi connectivity index (χ4v) is 2.44. The number of amides is 1. The number of rotatable bonds is 3. The van der Waals surface area contributed by atoms with E-state index in [1.165, 1.54) is 24.3 Å². The van der Waals surface area contributed by atoms with Crippen LogP contribution in [0, 0.1) is 0 Å². The van der Waals surface area contributed by atoms with Gasteiger partial charge in [-0.25, -0.2) is 0 Å². The third kappa shape index (κ3) is 3.47. The van der Waals surface area contributed by atoms with E-state index in [2.05, 4.69) is 0 Å². The van der Waals surface area contributed by atoms with E-state index in [1.54, 1.807) is 0 Å². The van der Waals surface area contributed by atoms with Gasteiger partial charge in [0.15, 0.2) is 5.75 Å². The lowest BCUT2D eigenvalue weighted by Crippen LogP contribution is -2.13. The minimum atomic E-state index is -0.740. The molecule has 110 valence electrons. The summed E-state index contributed by atoms with van der Waals surface area (Å²) in [5.74, 6) is -0.519. The molecule has 0 fully saturated rings. The van der Waals surface area contributed by atoms with Crippen molar-refractivity contribution in [2.45, 2.75) is 0 Å². The van der Waals surface area contributed by atoms with Crippen molar-refractivity contribution in [3.63, 3.8) is 0 Å². The molecule has 0 radical (unpaired) electrons. The maximum absolute atomic E-state index is 11.5. The number of carbonyl (C=O) groups is 1. The molecule has 0 heterocycles. The van der Waals surface area contributed by atoms with Crippen molar-refractivity contribution in [3.05, 3.63) is 49.9 Å². The number of hydrogen-bond acceptors (Lipinski definition) is 3. The number of halogens is 4. The molecule has 4 nitrogen and oxygen atoms in total. The zero-order chi connectivity index (χ0) is 15.7. The van der Waals surface area contributed by atoms with Gasteiger partial charge >= 0.3 is 0 Å². The molecule has 0 saturated carbocycles. The van der Waals surface area contributed by atoms with E-state index in [0.717, 1.165) is 0 Å². The predicted octanol–water partition coefficient (Wildman–Crippen LogP) is 4.77. The summed E-state index contributed by atoms with van der Waals surface area (Å²) in [5, 5.41) is 0.828. The van der Waals surface area contributed by atoms with Gasteiger partial charge in [-0.1, -0.05) is 46.4 Å². The van der Waals surface area contributed by atoms with Gasteiger partial charge in [0.2, 0.25) is 0 Å². The molecule has 4 N–H and O–H groups in total. The van der Waals surface area contributed by atoms with E-state index in [4.69, 9.17) is 62.6 Å². The van der Waals surface area contributed by atoms with Crippen LogP contribution in [0.2, 0.25) is 20.1 Å². The first-order valence-corrected chi connectivity index (χ1v) is 7.02. The van der Waals surface area contributed by atoms with Gasteiger partial charge in [0.05, 0.1) is 25.7 Å². The molecule has 0 unspecified atom stereocenters. The highest BCUT2D eigenvalue weighted by molar-refractivity contribution is 6.43. The first kappa shape index (κ1) is 16.0. The molecule has 1 amide bonds. The molecule has 0 aliphatic rings. The standard InChI is InChI=1S/C13H8Cl4N2O2/c14-7-3-9(16)11(4-8(7)15)21-12-6(13(19)20)1-5(18)2-10(12)17/h1-4H,18H2,(H2,19,20). The molecular weight excluding hydrogens is 358 g/mol. The van der Waals surface area contributed by atoms with Gasteiger partial charge in [0.1, 0.15) is 5.75 Å². The quantitative estimate of drug-likeness (QED) is 0.607. The van der Waals surface area contributed by atoms with Crippen LogP contribution in [0.4, 0.5) is 5.69 Å². The van der Waals surface area contributed by atoms with E-state index in [1.807, 2.05) is 0 Å². The Hall–Kier alpha value is -1.33. The van der Waals surface area contributed by atoms with Gasteiger partial charge in [0.25, 0.3) is 5.91 Å². The Morgan fingerprint density at radius 1 is 0.905 bits per heavy atom. The van der Waals surface area contributed by atoms with Crippen molar-refractivity contribution in [2.24, 2.45) is 5.73 Å². The monoisotopic (exact) mass is 364 g/mol. The molecule has 0 atom stereocenters. The second-order valence-corrected chi connectivity index (χ2v) is 5.67. The van der Waals surface area contributed by atoms with Crippen molar-refractivity contribution in [1.29, 1.82) is 0 Å². The molecular formula is C13H8Cl4N2O2. The number of anilines is 1. The predicted molar refractivity (Wildman–Crippen MR) is 85.9 cm³/mol. The molecule has 8 heteroatoms. The van der Waals surface area contributed by atoms with Crippen molar-refractivity contribution in [3.8, 4) is 11.5 Å². The number of benzene rings is 2. The molecule has 21 heavy (non-hydrogen) atoms. The highest BCUT2D eigenvalue weighted by Gasteiger charge is 2.17. The van der Waals surface area contributed by atoms with Crippen LogP contribution >= 0.6 is 46.4 Å². The zero-order valence-electron chi connectivity index (χ0n) is 10.3. The maximum Gasteiger partial charge on any atom is 0.252 e. The third-order valence-corrected chi connectivity index (χ3v) is 3.82. The van der Waals surface area contributed by atoms with Gasteiger partial charge in [-0.2, -0.15) is 0 Å². The molecule has 0 bridgehead atoms. The summed E-state index contributed by atoms with van der Waals surface area (Å²) >= 11 is 23.8. The second kappa shape index (κ2) is 6.20. The number of carbonyl (C=O) groups excluding carboxylic acids is 1. The molecule has 0 aliphatic heterocycles. The lowest BCUT2D eigenvalue weighted by atomic mass is 10.1. The van der Waals surface area contributed by atoms with E-state index in [0.29, 0.717) is 0 Å². The van der Waals surface area contributed by atoms with Crippen LogP contribution < -0.4 is 16.2 Å². The average Bonchev–Trinajstić information content (AvgIpc) is 2.38. The summed E-state index contributed by atoms with van der Waals surface area (Å²) < 4.78 is 5.56. The molecule has 2 aromatic carbocycles. The van der Waals surface area contributed by atoms with Crippen molar-refractivity contribution in [1.82, 2.24) is 0 Å². The van der Waals surface area contributed by atoms with Gasteiger partial charge in [-0.15, -0.1) is 0 Å². The van der Waals surface area contributed by atoms with E-state index < -0.39 is 5.91 Å². The summed E-state index contributed by atoms with van der Waals surface area (Å²) in [6.07, 6.45) is 0. The Kier molecular flexibility index (Phi) is 4.74. The molecule has 0 aliphatic carbocycles. The number of primary amides is 1. The smallest absolute Gasteiger partial charge is 0.252 e. The first-order chi connectivity index (χ1) is 9.79. The summed E-state index contributed by atoms with van der Waals surface area (Å²) in [7, 11) is 0. The molecule has 2 rings (SSSR count). The van der Waals surface area contributed by atoms with Crippen molar-refractivity contribution >= 4 is 58.0 Å². The summed E-state index contributed by atoms with van der Waals surface area (Å²) in [6.45, 7) is 0. The zero-order valence-corrected chi connectivity index (χ0v) is 13.3. The molecule has 0 saturated heterocycles. The van der Waals surface area contributed by atoms with Crippen LogP contribution in [0.5, 0.6) is 11.5 Å². The Morgan fingerprint density at radius 2 is 1.52 bits per heavy atom. The Balaban J connectivity index is 2.54. The van der Waals surface area contributed by atoms with Crippen molar-refractivity contribution in [2.75, 3.05) is 5.73 Å². The second-order valence-electron chi connectivity index (χ2n) is 4.04. The van der Waals surface area contributed by atoms with Gasteiger partial charge < -0.3 is 16.2 Å². The molecule has 0 spiro atoms. The average molecular weight is 366 g/mol. The lowest BCUT2D eigenvalue weighted by molar-refractivity contribution is 0.0998. The fourth-order valence-electron chi connectivity index (χ4n) is 1.59. The van der Waals surface area contributed by atoms with E-state index in [9.17, 15) is 4.79 Å². The topological polar surface area (TPSA) is 78.3 Å². The molecule has 0 aromatic heterocycles. The highest BCUT2D eigenvalue weighted by Crippen LogP contribution is 2.40. The van der Waals surface area contributed by atoms with E-state index >= 15 is 0 Å². The summed E-state index contributed by atoms with van der Waals surface area (Å²) in [4.78, 5) is 11.5. The SMILES string of the molecule is NC(=O)c1cc(N)cc(Cl)c1Oc1cc(Cl)c(Cl)cc1Cl. The minimum absolute atomic E-state index is 0.0298. The number of nitrogens with two attached hydrogens (primary N) is 2. The Bertz CT molecular complexity index is 735. The van der Waals surface area contributed by atoms with Crippen LogP contribution in [0.3, 0.4) is 0 Å².